The monoisotopic (exact) mass is 569 g/mol. The Hall–Kier alpha value is -3.47. The Morgan fingerprint density at radius 2 is 1.93 bits per heavy atom. The minimum Gasteiger partial charge on any atom is -0.391 e. The minimum absolute atomic E-state index is 0.0167. The Morgan fingerprint density at radius 3 is 2.52 bits per heavy atom. The Labute approximate surface area is 239 Å². The van der Waals surface area contributed by atoms with Crippen LogP contribution in [0.2, 0.25) is 0 Å². The van der Waals surface area contributed by atoms with Gasteiger partial charge in [0.05, 0.1) is 28.2 Å². The van der Waals surface area contributed by atoms with Gasteiger partial charge in [-0.15, -0.1) is 11.3 Å². The number of rotatable bonds is 11. The van der Waals surface area contributed by atoms with Gasteiger partial charge in [0.15, 0.2) is 0 Å². The first-order valence-corrected chi connectivity index (χ1v) is 14.4. The van der Waals surface area contributed by atoms with Gasteiger partial charge < -0.3 is 20.6 Å². The van der Waals surface area contributed by atoms with Gasteiger partial charge in [-0.25, -0.2) is 4.98 Å². The van der Waals surface area contributed by atoms with E-state index < -0.39 is 29.5 Å². The highest BCUT2D eigenvalue weighted by Gasteiger charge is 2.44. The van der Waals surface area contributed by atoms with E-state index in [0.717, 1.165) is 21.7 Å². The third-order valence-corrected chi connectivity index (χ3v) is 8.01. The van der Waals surface area contributed by atoms with Crippen LogP contribution in [0.5, 0.6) is 0 Å². The molecule has 0 aliphatic carbocycles. The van der Waals surface area contributed by atoms with Crippen LogP contribution in [0, 0.1) is 12.3 Å². The van der Waals surface area contributed by atoms with Crippen LogP contribution in [-0.4, -0.2) is 64.0 Å². The molecule has 0 bridgehead atoms. The lowest BCUT2D eigenvalue weighted by Crippen LogP contribution is -2.57. The van der Waals surface area contributed by atoms with Gasteiger partial charge in [-0.05, 0) is 48.8 Å². The first kappa shape index (κ1) is 31.1. The minimum atomic E-state index is -0.877. The second-order valence-electron chi connectivity index (χ2n) is 11.3. The van der Waals surface area contributed by atoms with E-state index in [2.05, 4.69) is 25.6 Å². The Balaban J connectivity index is 1.67. The molecule has 2 aromatic rings. The van der Waals surface area contributed by atoms with E-state index in [4.69, 9.17) is 5.53 Å². The molecule has 1 aromatic heterocycles. The number of aromatic nitrogens is 1. The SMILES string of the molecule is Cc1ncsc1-c1ccc([C@H](C)NC(=O)[C@@H]2C[C@@H](O)CN2C(=O)[C@@H](NC(=O)CCCCN=[N+]=[N-])C(C)(C)C)cc1. The predicted octanol–water partition coefficient (Wildman–Crippen LogP) is 4.27. The topological polar surface area (TPSA) is 160 Å². The smallest absolute Gasteiger partial charge is 0.246 e. The number of carbonyl (C=O) groups excluding carboxylic acids is 3. The largest absolute Gasteiger partial charge is 0.391 e. The van der Waals surface area contributed by atoms with Gasteiger partial charge in [0, 0.05) is 30.8 Å². The number of aliphatic hydroxyl groups is 1. The highest BCUT2D eigenvalue weighted by atomic mass is 32.1. The van der Waals surface area contributed by atoms with Crippen molar-refractivity contribution in [3.63, 3.8) is 0 Å². The fraction of sp³-hybridized carbons (Fsp3) is 0.571. The lowest BCUT2D eigenvalue weighted by molar-refractivity contribution is -0.144. The molecule has 1 fully saturated rings. The fourth-order valence-corrected chi connectivity index (χ4v) is 5.57. The van der Waals surface area contributed by atoms with Gasteiger partial charge in [0.25, 0.3) is 0 Å². The molecule has 0 spiro atoms. The van der Waals surface area contributed by atoms with E-state index in [1.165, 1.54) is 4.90 Å². The van der Waals surface area contributed by atoms with Gasteiger partial charge in [0.1, 0.15) is 12.1 Å². The zero-order chi connectivity index (χ0) is 29.4. The van der Waals surface area contributed by atoms with Crippen LogP contribution in [0.3, 0.4) is 0 Å². The summed E-state index contributed by atoms with van der Waals surface area (Å²) < 4.78 is 0. The molecule has 0 saturated carbocycles. The maximum absolute atomic E-state index is 13.7. The predicted molar refractivity (Wildman–Crippen MR) is 154 cm³/mol. The molecule has 1 aromatic carbocycles. The van der Waals surface area contributed by atoms with E-state index in [-0.39, 0.29) is 37.2 Å². The second kappa shape index (κ2) is 13.7. The number of amides is 3. The van der Waals surface area contributed by atoms with Crippen molar-refractivity contribution in [3.05, 3.63) is 51.5 Å². The molecule has 40 heavy (non-hydrogen) atoms. The number of azide groups is 1. The first-order valence-electron chi connectivity index (χ1n) is 13.5. The van der Waals surface area contributed by atoms with E-state index >= 15 is 0 Å². The van der Waals surface area contributed by atoms with Crippen molar-refractivity contribution in [1.82, 2.24) is 20.5 Å². The molecule has 12 heteroatoms. The molecule has 0 unspecified atom stereocenters. The van der Waals surface area contributed by atoms with Crippen LogP contribution in [0.4, 0.5) is 0 Å². The summed E-state index contributed by atoms with van der Waals surface area (Å²) in [6.45, 7) is 9.71. The molecule has 0 radical (unpaired) electrons. The lowest BCUT2D eigenvalue weighted by Gasteiger charge is -2.35. The van der Waals surface area contributed by atoms with E-state index in [1.54, 1.807) is 11.3 Å². The number of unbranched alkanes of at least 4 members (excludes halogenated alkanes) is 1. The molecular formula is C28H39N7O4S. The molecule has 216 valence electrons. The highest BCUT2D eigenvalue weighted by molar-refractivity contribution is 7.13. The van der Waals surface area contributed by atoms with Crippen LogP contribution in [-0.2, 0) is 14.4 Å². The number of carbonyl (C=O) groups is 3. The number of aryl methyl sites for hydroxylation is 1. The molecule has 3 rings (SSSR count). The van der Waals surface area contributed by atoms with Crippen LogP contribution >= 0.6 is 11.3 Å². The lowest BCUT2D eigenvalue weighted by atomic mass is 9.85. The molecular weight excluding hydrogens is 530 g/mol. The van der Waals surface area contributed by atoms with Crippen LogP contribution in [0.1, 0.15) is 70.7 Å². The molecule has 11 nitrogen and oxygen atoms in total. The number of aliphatic hydroxyl groups excluding tert-OH is 1. The van der Waals surface area contributed by atoms with E-state index in [0.29, 0.717) is 19.4 Å². The number of nitrogens with zero attached hydrogens (tertiary/aromatic N) is 5. The zero-order valence-electron chi connectivity index (χ0n) is 23.8. The number of benzene rings is 1. The quantitative estimate of drug-likeness (QED) is 0.159. The Morgan fingerprint density at radius 1 is 1.23 bits per heavy atom. The Bertz CT molecular complexity index is 1230. The van der Waals surface area contributed by atoms with Gasteiger partial charge in [0.2, 0.25) is 17.7 Å². The van der Waals surface area contributed by atoms with Crippen LogP contribution in [0.15, 0.2) is 34.9 Å². The van der Waals surface area contributed by atoms with Crippen molar-refractivity contribution >= 4 is 29.1 Å². The Kier molecular flexibility index (Phi) is 10.7. The average molecular weight is 570 g/mol. The normalized spacial score (nSPS) is 18.5. The van der Waals surface area contributed by atoms with Crippen molar-refractivity contribution in [3.8, 4) is 10.4 Å². The van der Waals surface area contributed by atoms with Gasteiger partial charge in [-0.2, -0.15) is 0 Å². The van der Waals surface area contributed by atoms with Crippen molar-refractivity contribution in [2.75, 3.05) is 13.1 Å². The number of hydrogen-bond donors (Lipinski definition) is 3. The molecule has 1 aliphatic rings. The average Bonchev–Trinajstić information content (AvgIpc) is 3.51. The summed E-state index contributed by atoms with van der Waals surface area (Å²) >= 11 is 1.58. The van der Waals surface area contributed by atoms with Gasteiger partial charge in [-0.3, -0.25) is 14.4 Å². The maximum atomic E-state index is 13.7. The standard InChI is InChI=1S/C28H39N7O4S/c1-17(19-9-11-20(12-10-19)24-18(2)30-16-40-24)32-26(38)22-14-21(36)15-35(22)27(39)25(28(3,4)5)33-23(37)8-6-7-13-31-34-29/h9-12,16-17,21-22,25,36H,6-8,13-15H2,1-5H3,(H,32,38)(H,33,37)/t17-,21+,22-,25+/m0/s1. The van der Waals surface area contributed by atoms with E-state index in [9.17, 15) is 19.5 Å². The highest BCUT2D eigenvalue weighted by Crippen LogP contribution is 2.29. The number of nitrogens with one attached hydrogen (secondary N) is 2. The fourth-order valence-electron chi connectivity index (χ4n) is 4.76. The molecule has 3 amide bonds. The number of hydrogen-bond acceptors (Lipinski definition) is 7. The number of thiazole rings is 1. The summed E-state index contributed by atoms with van der Waals surface area (Å²) in [4.78, 5) is 49.2. The second-order valence-corrected chi connectivity index (χ2v) is 12.1. The van der Waals surface area contributed by atoms with Crippen LogP contribution < -0.4 is 10.6 Å². The molecule has 3 N–H and O–H groups in total. The summed E-state index contributed by atoms with van der Waals surface area (Å²) in [5.74, 6) is -1.04. The number of β-amino-alcohol motifs (C(OH)–C–C–N with tert-alkyl or cyclic N) is 1. The zero-order valence-corrected chi connectivity index (χ0v) is 24.6. The van der Waals surface area contributed by atoms with Crippen molar-refractivity contribution < 1.29 is 19.5 Å². The summed E-state index contributed by atoms with van der Waals surface area (Å²) in [6.07, 6.45) is 0.558. The summed E-state index contributed by atoms with van der Waals surface area (Å²) in [7, 11) is 0. The molecule has 4 atom stereocenters. The summed E-state index contributed by atoms with van der Waals surface area (Å²) in [5.41, 5.74) is 12.5. The maximum Gasteiger partial charge on any atom is 0.246 e. The van der Waals surface area contributed by atoms with Gasteiger partial charge in [-0.1, -0.05) is 50.2 Å². The van der Waals surface area contributed by atoms with Crippen molar-refractivity contribution in [2.45, 2.75) is 84.5 Å². The molecule has 2 heterocycles. The van der Waals surface area contributed by atoms with Gasteiger partial charge >= 0.3 is 0 Å². The summed E-state index contributed by atoms with van der Waals surface area (Å²) in [5, 5.41) is 19.7. The number of likely N-dealkylation sites (tertiary alicyclic amines) is 1. The van der Waals surface area contributed by atoms with Crippen molar-refractivity contribution in [2.24, 2.45) is 10.5 Å². The molecule has 1 saturated heterocycles. The van der Waals surface area contributed by atoms with Crippen molar-refractivity contribution in [1.29, 1.82) is 0 Å². The third kappa shape index (κ3) is 8.03. The summed E-state index contributed by atoms with van der Waals surface area (Å²) in [6, 6.07) is 5.88. The van der Waals surface area contributed by atoms with Crippen LogP contribution in [0.25, 0.3) is 20.9 Å². The third-order valence-electron chi connectivity index (χ3n) is 7.04. The van der Waals surface area contributed by atoms with E-state index in [1.807, 2.05) is 64.4 Å². The molecule has 1 aliphatic heterocycles. The first-order chi connectivity index (χ1) is 18.9.